The van der Waals surface area contributed by atoms with E-state index in [0.29, 0.717) is 5.69 Å². The molecule has 0 aliphatic heterocycles. The number of anilines is 1. The van der Waals surface area contributed by atoms with E-state index in [0.717, 1.165) is 22.5 Å². The average Bonchev–Trinajstić information content (AvgIpc) is 2.67. The van der Waals surface area contributed by atoms with Crippen molar-refractivity contribution in [1.82, 2.24) is 4.98 Å². The van der Waals surface area contributed by atoms with Crippen LogP contribution in [0.2, 0.25) is 0 Å². The molecule has 0 aliphatic rings. The molecule has 1 heterocycles. The molecule has 1 N–H and O–H groups in total. The zero-order chi connectivity index (χ0) is 19.3. The first-order valence-corrected chi connectivity index (χ1v) is 11.0. The van der Waals surface area contributed by atoms with Gasteiger partial charge in [-0.2, -0.15) is 0 Å². The summed E-state index contributed by atoms with van der Waals surface area (Å²) in [5.41, 5.74) is 1.88. The number of carbonyl (C=O) groups excluding carboxylic acids is 1. The van der Waals surface area contributed by atoms with Crippen LogP contribution >= 0.6 is 11.8 Å². The lowest BCUT2D eigenvalue weighted by atomic mass is 10.2. The number of aromatic nitrogens is 1. The van der Waals surface area contributed by atoms with E-state index in [1.54, 1.807) is 42.2 Å². The molecular formula is C20H18N2O3S2. The number of nitrogens with one attached hydrogen (secondary N) is 1. The number of rotatable bonds is 6. The first-order valence-electron chi connectivity index (χ1n) is 8.16. The van der Waals surface area contributed by atoms with Gasteiger partial charge < -0.3 is 5.32 Å². The number of sulfone groups is 1. The van der Waals surface area contributed by atoms with Crippen LogP contribution in [-0.4, -0.2) is 25.6 Å². The summed E-state index contributed by atoms with van der Waals surface area (Å²) in [6.45, 7) is 0. The van der Waals surface area contributed by atoms with Gasteiger partial charge in [0.25, 0.3) is 5.91 Å². The lowest BCUT2D eigenvalue weighted by Crippen LogP contribution is -2.15. The zero-order valence-electron chi connectivity index (χ0n) is 14.6. The highest BCUT2D eigenvalue weighted by molar-refractivity contribution is 7.98. The molecule has 3 rings (SSSR count). The number of benzene rings is 2. The van der Waals surface area contributed by atoms with E-state index >= 15 is 0 Å². The molecule has 0 fully saturated rings. The molecule has 138 valence electrons. The van der Waals surface area contributed by atoms with Gasteiger partial charge in [-0.1, -0.05) is 18.2 Å². The molecule has 27 heavy (non-hydrogen) atoms. The van der Waals surface area contributed by atoms with Crippen LogP contribution < -0.4 is 5.32 Å². The van der Waals surface area contributed by atoms with Crippen molar-refractivity contribution in [3.8, 4) is 0 Å². The molecular weight excluding hydrogens is 380 g/mol. The quantitative estimate of drug-likeness (QED) is 0.635. The maximum Gasteiger partial charge on any atom is 0.256 e. The SMILES string of the molecule is CS(=O)(=O)c1ccccc1C(=O)Nc1ccc(SCc2cccnc2)cc1. The predicted octanol–water partition coefficient (Wildman–Crippen LogP) is 4.03. The first kappa shape index (κ1) is 19.1. The number of thioether (sulfide) groups is 1. The molecule has 2 aromatic carbocycles. The fourth-order valence-corrected chi connectivity index (χ4v) is 4.18. The molecule has 0 bridgehead atoms. The molecule has 0 aliphatic carbocycles. The Kier molecular flexibility index (Phi) is 5.93. The maximum atomic E-state index is 12.5. The Labute approximate surface area is 162 Å². The van der Waals surface area contributed by atoms with E-state index in [4.69, 9.17) is 0 Å². The summed E-state index contributed by atoms with van der Waals surface area (Å²) in [6.07, 6.45) is 4.67. The normalized spacial score (nSPS) is 11.1. The van der Waals surface area contributed by atoms with Gasteiger partial charge >= 0.3 is 0 Å². The Morgan fingerprint density at radius 2 is 1.78 bits per heavy atom. The third kappa shape index (κ3) is 5.18. The second kappa shape index (κ2) is 8.37. The van der Waals surface area contributed by atoms with Crippen LogP contribution in [0, 0.1) is 0 Å². The highest BCUT2D eigenvalue weighted by Gasteiger charge is 2.18. The third-order valence-corrected chi connectivity index (χ3v) is 6.01. The Balaban J connectivity index is 1.67. The minimum atomic E-state index is -3.48. The summed E-state index contributed by atoms with van der Waals surface area (Å²) in [5.74, 6) is 0.355. The van der Waals surface area contributed by atoms with Crippen molar-refractivity contribution in [2.75, 3.05) is 11.6 Å². The van der Waals surface area contributed by atoms with Crippen LogP contribution in [0.5, 0.6) is 0 Å². The highest BCUT2D eigenvalue weighted by Crippen LogP contribution is 2.24. The maximum absolute atomic E-state index is 12.5. The van der Waals surface area contributed by atoms with Crippen LogP contribution in [0.25, 0.3) is 0 Å². The van der Waals surface area contributed by atoms with Gasteiger partial charge in [-0.25, -0.2) is 8.42 Å². The van der Waals surface area contributed by atoms with Crippen molar-refractivity contribution in [1.29, 1.82) is 0 Å². The van der Waals surface area contributed by atoms with Crippen LogP contribution in [0.1, 0.15) is 15.9 Å². The fraction of sp³-hybridized carbons (Fsp3) is 0.100. The van der Waals surface area contributed by atoms with Gasteiger partial charge in [-0.3, -0.25) is 9.78 Å². The summed E-state index contributed by atoms with van der Waals surface area (Å²) in [4.78, 5) is 17.7. The van der Waals surface area contributed by atoms with Gasteiger partial charge in [0, 0.05) is 35.0 Å². The Morgan fingerprint density at radius 1 is 1.04 bits per heavy atom. The smallest absolute Gasteiger partial charge is 0.256 e. The number of nitrogens with zero attached hydrogens (tertiary/aromatic N) is 1. The van der Waals surface area contributed by atoms with Crippen molar-refractivity contribution < 1.29 is 13.2 Å². The molecule has 0 saturated carbocycles. The molecule has 1 aromatic heterocycles. The first-order chi connectivity index (χ1) is 12.9. The van der Waals surface area contributed by atoms with Gasteiger partial charge in [0.2, 0.25) is 0 Å². The van der Waals surface area contributed by atoms with Crippen molar-refractivity contribution in [2.24, 2.45) is 0 Å². The molecule has 0 radical (unpaired) electrons. The molecule has 5 nitrogen and oxygen atoms in total. The number of pyridine rings is 1. The average molecular weight is 399 g/mol. The lowest BCUT2D eigenvalue weighted by molar-refractivity contribution is 0.102. The van der Waals surface area contributed by atoms with Crippen LogP contribution in [0.15, 0.2) is 82.8 Å². The molecule has 7 heteroatoms. The number of hydrogen-bond donors (Lipinski definition) is 1. The van der Waals surface area contributed by atoms with Crippen molar-refractivity contribution in [2.45, 2.75) is 15.5 Å². The molecule has 0 atom stereocenters. The second-order valence-corrected chi connectivity index (χ2v) is 8.93. The van der Waals surface area contributed by atoms with Gasteiger partial charge in [0.1, 0.15) is 0 Å². The monoisotopic (exact) mass is 398 g/mol. The van der Waals surface area contributed by atoms with Gasteiger partial charge in [0.15, 0.2) is 9.84 Å². The van der Waals surface area contributed by atoms with E-state index in [2.05, 4.69) is 10.3 Å². The van der Waals surface area contributed by atoms with E-state index in [-0.39, 0.29) is 10.5 Å². The van der Waals surface area contributed by atoms with Crippen LogP contribution in [0.3, 0.4) is 0 Å². The van der Waals surface area contributed by atoms with Gasteiger partial charge in [0.05, 0.1) is 10.5 Å². The lowest BCUT2D eigenvalue weighted by Gasteiger charge is -2.09. The summed E-state index contributed by atoms with van der Waals surface area (Å²) >= 11 is 1.67. The van der Waals surface area contributed by atoms with E-state index in [1.807, 2.05) is 30.5 Å². The summed E-state index contributed by atoms with van der Waals surface area (Å²) in [5, 5.41) is 2.75. The van der Waals surface area contributed by atoms with Crippen LogP contribution in [0.4, 0.5) is 5.69 Å². The van der Waals surface area contributed by atoms with E-state index in [1.165, 1.54) is 12.1 Å². The van der Waals surface area contributed by atoms with E-state index < -0.39 is 15.7 Å². The van der Waals surface area contributed by atoms with Crippen molar-refractivity contribution in [3.05, 3.63) is 84.2 Å². The topological polar surface area (TPSA) is 76.1 Å². The van der Waals surface area contributed by atoms with Crippen LogP contribution in [-0.2, 0) is 15.6 Å². The highest BCUT2D eigenvalue weighted by atomic mass is 32.2. The van der Waals surface area contributed by atoms with Gasteiger partial charge in [-0.15, -0.1) is 11.8 Å². The second-order valence-electron chi connectivity index (χ2n) is 5.90. The summed E-state index contributed by atoms with van der Waals surface area (Å²) < 4.78 is 23.7. The summed E-state index contributed by atoms with van der Waals surface area (Å²) in [6, 6.07) is 17.5. The largest absolute Gasteiger partial charge is 0.322 e. The minimum absolute atomic E-state index is 0.0196. The summed E-state index contributed by atoms with van der Waals surface area (Å²) in [7, 11) is -3.48. The standard InChI is InChI=1S/C20H18N2O3S2/c1-27(24,25)19-7-3-2-6-18(19)20(23)22-16-8-10-17(11-9-16)26-14-15-5-4-12-21-13-15/h2-13H,14H2,1H3,(H,22,23). The zero-order valence-corrected chi connectivity index (χ0v) is 16.3. The Morgan fingerprint density at radius 3 is 2.44 bits per heavy atom. The Hall–Kier alpha value is -2.64. The van der Waals surface area contributed by atoms with Crippen molar-refractivity contribution in [3.63, 3.8) is 0 Å². The predicted molar refractivity (Wildman–Crippen MR) is 108 cm³/mol. The fourth-order valence-electron chi connectivity index (χ4n) is 2.46. The molecule has 1 amide bonds. The number of amides is 1. The molecule has 0 spiro atoms. The number of carbonyl (C=O) groups is 1. The molecule has 3 aromatic rings. The van der Waals surface area contributed by atoms with Gasteiger partial charge in [-0.05, 0) is 48.0 Å². The molecule has 0 unspecified atom stereocenters. The molecule has 0 saturated heterocycles. The van der Waals surface area contributed by atoms with Crippen molar-refractivity contribution >= 4 is 33.2 Å². The minimum Gasteiger partial charge on any atom is -0.322 e. The number of hydrogen-bond acceptors (Lipinski definition) is 5. The van der Waals surface area contributed by atoms with E-state index in [9.17, 15) is 13.2 Å². The third-order valence-electron chi connectivity index (χ3n) is 3.77. The Bertz CT molecular complexity index is 1030.